The zero-order valence-corrected chi connectivity index (χ0v) is 14.4. The summed E-state index contributed by atoms with van der Waals surface area (Å²) in [6, 6.07) is 9.03. The second kappa shape index (κ2) is 7.01. The molecule has 136 valence electrons. The fourth-order valence-corrected chi connectivity index (χ4v) is 3.90. The van der Waals surface area contributed by atoms with E-state index in [-0.39, 0.29) is 23.9 Å². The van der Waals surface area contributed by atoms with Crippen molar-refractivity contribution in [2.45, 2.75) is 31.0 Å². The van der Waals surface area contributed by atoms with Crippen LogP contribution in [0, 0.1) is 0 Å². The molecule has 1 aliphatic heterocycles. The highest BCUT2D eigenvalue weighted by Crippen LogP contribution is 2.26. The number of fused-ring (bicyclic) bond motifs is 1. The number of aliphatic hydroxyl groups excluding tert-OH is 1. The van der Waals surface area contributed by atoms with Crippen LogP contribution >= 0.6 is 0 Å². The molecular weight excluding hydrogens is 332 g/mol. The van der Waals surface area contributed by atoms with Gasteiger partial charge in [0.15, 0.2) is 0 Å². The molecule has 1 aromatic heterocycles. The van der Waals surface area contributed by atoms with Gasteiger partial charge >= 0.3 is 0 Å². The van der Waals surface area contributed by atoms with E-state index in [1.54, 1.807) is 6.20 Å². The van der Waals surface area contributed by atoms with Gasteiger partial charge in [0.2, 0.25) is 5.91 Å². The minimum atomic E-state index is -0.682. The summed E-state index contributed by atoms with van der Waals surface area (Å²) >= 11 is 0. The molecule has 26 heavy (non-hydrogen) atoms. The van der Waals surface area contributed by atoms with Crippen LogP contribution in [-0.2, 0) is 4.79 Å². The standard InChI is InChI=1S/C19H22N4O3/c24-17-11-23(8-7-20-17)16-6-5-15(18(16)25)22-19(26)13-9-12-3-1-2-4-14(12)21-10-13/h1-4,9-10,15-16,18,25H,5-8,11H2,(H,20,24)(H,22,26)/t15-,16-,18-/m1/s1. The number of aromatic nitrogens is 1. The summed E-state index contributed by atoms with van der Waals surface area (Å²) in [5.41, 5.74) is 1.32. The van der Waals surface area contributed by atoms with Crippen molar-refractivity contribution in [1.29, 1.82) is 0 Å². The third kappa shape index (κ3) is 3.27. The van der Waals surface area contributed by atoms with Crippen LogP contribution in [0.2, 0.25) is 0 Å². The smallest absolute Gasteiger partial charge is 0.253 e. The fraction of sp³-hybridized carbons (Fsp3) is 0.421. The number of benzene rings is 1. The van der Waals surface area contributed by atoms with Gasteiger partial charge < -0.3 is 15.7 Å². The number of nitrogens with one attached hydrogen (secondary N) is 2. The summed E-state index contributed by atoms with van der Waals surface area (Å²) in [4.78, 5) is 30.5. The van der Waals surface area contributed by atoms with Gasteiger partial charge in [0.25, 0.3) is 5.91 Å². The van der Waals surface area contributed by atoms with Crippen molar-refractivity contribution in [3.63, 3.8) is 0 Å². The van der Waals surface area contributed by atoms with Crippen molar-refractivity contribution in [3.8, 4) is 0 Å². The van der Waals surface area contributed by atoms with Crippen molar-refractivity contribution in [2.24, 2.45) is 0 Å². The average molecular weight is 354 g/mol. The Balaban J connectivity index is 1.43. The Morgan fingerprint density at radius 1 is 1.31 bits per heavy atom. The fourth-order valence-electron chi connectivity index (χ4n) is 3.90. The van der Waals surface area contributed by atoms with E-state index in [1.807, 2.05) is 35.2 Å². The second-order valence-electron chi connectivity index (χ2n) is 6.95. The summed E-state index contributed by atoms with van der Waals surface area (Å²) in [5, 5.41) is 17.3. The van der Waals surface area contributed by atoms with E-state index in [4.69, 9.17) is 0 Å². The number of pyridine rings is 1. The molecule has 2 amide bonds. The minimum Gasteiger partial charge on any atom is -0.389 e. The van der Waals surface area contributed by atoms with E-state index in [0.717, 1.165) is 23.9 Å². The molecule has 3 N–H and O–H groups in total. The number of para-hydroxylation sites is 1. The number of piperazine rings is 1. The Hall–Kier alpha value is -2.51. The molecule has 3 atom stereocenters. The number of carbonyl (C=O) groups excluding carboxylic acids is 2. The Labute approximate surface area is 151 Å². The number of hydrogen-bond acceptors (Lipinski definition) is 5. The first kappa shape index (κ1) is 16.9. The first-order valence-corrected chi connectivity index (χ1v) is 8.96. The molecule has 7 nitrogen and oxygen atoms in total. The lowest BCUT2D eigenvalue weighted by atomic mass is 10.1. The summed E-state index contributed by atoms with van der Waals surface area (Å²) in [5.74, 6) is -0.248. The quantitative estimate of drug-likeness (QED) is 0.736. The van der Waals surface area contributed by atoms with E-state index < -0.39 is 6.10 Å². The molecule has 4 rings (SSSR count). The normalized spacial score (nSPS) is 26.7. The average Bonchev–Trinajstić information content (AvgIpc) is 3.01. The van der Waals surface area contributed by atoms with Crippen LogP contribution in [0.15, 0.2) is 36.5 Å². The zero-order valence-electron chi connectivity index (χ0n) is 14.4. The topological polar surface area (TPSA) is 94.6 Å². The van der Waals surface area contributed by atoms with Crippen LogP contribution in [0.1, 0.15) is 23.2 Å². The van der Waals surface area contributed by atoms with Crippen LogP contribution in [0.5, 0.6) is 0 Å². The summed E-state index contributed by atoms with van der Waals surface area (Å²) in [6.07, 6.45) is 2.33. The van der Waals surface area contributed by atoms with Gasteiger partial charge in [0.1, 0.15) is 0 Å². The van der Waals surface area contributed by atoms with E-state index in [1.165, 1.54) is 0 Å². The maximum Gasteiger partial charge on any atom is 0.253 e. The molecule has 2 heterocycles. The molecule has 2 aromatic rings. The lowest BCUT2D eigenvalue weighted by Crippen LogP contribution is -2.55. The Kier molecular flexibility index (Phi) is 4.57. The summed E-state index contributed by atoms with van der Waals surface area (Å²) in [6.45, 7) is 1.63. The second-order valence-corrected chi connectivity index (χ2v) is 6.95. The van der Waals surface area contributed by atoms with Crippen molar-refractivity contribution in [2.75, 3.05) is 19.6 Å². The lowest BCUT2D eigenvalue weighted by molar-refractivity contribution is -0.125. The van der Waals surface area contributed by atoms with E-state index >= 15 is 0 Å². The summed E-state index contributed by atoms with van der Waals surface area (Å²) in [7, 11) is 0. The molecule has 0 bridgehead atoms. The number of rotatable bonds is 3. The molecular formula is C19H22N4O3. The molecule has 0 unspecified atom stereocenters. The molecule has 7 heteroatoms. The highest BCUT2D eigenvalue weighted by Gasteiger charge is 2.40. The van der Waals surface area contributed by atoms with E-state index in [9.17, 15) is 14.7 Å². The molecule has 1 saturated carbocycles. The monoisotopic (exact) mass is 354 g/mol. The number of hydrogen-bond donors (Lipinski definition) is 3. The highest BCUT2D eigenvalue weighted by molar-refractivity contribution is 5.97. The van der Waals surface area contributed by atoms with Gasteiger partial charge in [-0.05, 0) is 25.0 Å². The van der Waals surface area contributed by atoms with Crippen LogP contribution in [0.25, 0.3) is 10.9 Å². The number of aliphatic hydroxyl groups is 1. The van der Waals surface area contributed by atoms with Crippen molar-refractivity contribution in [1.82, 2.24) is 20.5 Å². The number of nitrogens with zero attached hydrogens (tertiary/aromatic N) is 2. The van der Waals surface area contributed by atoms with Crippen molar-refractivity contribution < 1.29 is 14.7 Å². The minimum absolute atomic E-state index is 0.0156. The molecule has 0 radical (unpaired) electrons. The van der Waals surface area contributed by atoms with Crippen molar-refractivity contribution in [3.05, 3.63) is 42.1 Å². The van der Waals surface area contributed by atoms with Crippen LogP contribution in [-0.4, -0.2) is 64.6 Å². The van der Waals surface area contributed by atoms with Crippen LogP contribution < -0.4 is 10.6 Å². The Morgan fingerprint density at radius 3 is 3.00 bits per heavy atom. The third-order valence-electron chi connectivity index (χ3n) is 5.29. The molecule has 1 aliphatic carbocycles. The lowest BCUT2D eigenvalue weighted by Gasteiger charge is -2.34. The number of carbonyl (C=O) groups is 2. The van der Waals surface area contributed by atoms with Gasteiger partial charge in [-0.2, -0.15) is 0 Å². The SMILES string of the molecule is O=C1CN([C@@H]2CC[C@@H](NC(=O)c3cnc4ccccc4c3)[C@H]2O)CCN1. The van der Waals surface area contributed by atoms with Crippen LogP contribution in [0.3, 0.4) is 0 Å². The Bertz CT molecular complexity index is 840. The van der Waals surface area contributed by atoms with Gasteiger partial charge in [-0.1, -0.05) is 18.2 Å². The largest absolute Gasteiger partial charge is 0.389 e. The summed E-state index contributed by atoms with van der Waals surface area (Å²) < 4.78 is 0. The molecule has 1 aromatic carbocycles. The predicted octanol–water partition coefficient (Wildman–Crippen LogP) is 0.288. The van der Waals surface area contributed by atoms with Gasteiger partial charge in [0.05, 0.1) is 29.8 Å². The molecule has 2 fully saturated rings. The van der Waals surface area contributed by atoms with Crippen LogP contribution in [0.4, 0.5) is 0 Å². The van der Waals surface area contributed by atoms with Gasteiger partial charge in [-0.25, -0.2) is 0 Å². The number of amides is 2. The van der Waals surface area contributed by atoms with E-state index in [2.05, 4.69) is 15.6 Å². The predicted molar refractivity (Wildman–Crippen MR) is 96.6 cm³/mol. The van der Waals surface area contributed by atoms with Gasteiger partial charge in [-0.15, -0.1) is 0 Å². The van der Waals surface area contributed by atoms with Gasteiger partial charge in [0, 0.05) is 30.7 Å². The molecule has 1 saturated heterocycles. The maximum atomic E-state index is 12.6. The molecule has 0 spiro atoms. The van der Waals surface area contributed by atoms with E-state index in [0.29, 0.717) is 25.1 Å². The Morgan fingerprint density at radius 2 is 2.15 bits per heavy atom. The highest BCUT2D eigenvalue weighted by atomic mass is 16.3. The van der Waals surface area contributed by atoms with Gasteiger partial charge in [-0.3, -0.25) is 19.5 Å². The molecule has 2 aliphatic rings. The zero-order chi connectivity index (χ0) is 18.1. The third-order valence-corrected chi connectivity index (χ3v) is 5.29. The first-order valence-electron chi connectivity index (χ1n) is 8.96. The maximum absolute atomic E-state index is 12.6. The first-order chi connectivity index (χ1) is 12.6. The van der Waals surface area contributed by atoms with Crippen molar-refractivity contribution >= 4 is 22.7 Å².